The molecule has 134 valence electrons. The van der Waals surface area contributed by atoms with Crippen molar-refractivity contribution in [3.63, 3.8) is 0 Å². The number of halogens is 1. The molecule has 0 radical (unpaired) electrons. The Morgan fingerprint density at radius 3 is 2.69 bits per heavy atom. The van der Waals surface area contributed by atoms with Crippen molar-refractivity contribution in [3.8, 4) is 16.3 Å². The second-order valence-corrected chi connectivity index (χ2v) is 7.08. The lowest BCUT2D eigenvalue weighted by atomic mass is 10.2. The van der Waals surface area contributed by atoms with Gasteiger partial charge in [0.2, 0.25) is 5.13 Å². The molecule has 1 N–H and O–H groups in total. The molecule has 0 aliphatic carbocycles. The lowest BCUT2D eigenvalue weighted by Gasteiger charge is -2.16. The standard InChI is InChI=1S/C19H18ClN3O2S/c1-3-16(25-14-9-10-15(20)12(2)11-14)17(24)21-19-23-22-18(26-19)13-7-5-4-6-8-13/h4-11,16H,3H2,1-2H3,(H,21,23,24)/t16-/m1/s1. The Bertz CT molecular complexity index is 899. The summed E-state index contributed by atoms with van der Waals surface area (Å²) in [6.45, 7) is 3.78. The number of ether oxygens (including phenoxy) is 1. The number of benzene rings is 2. The number of rotatable bonds is 6. The number of nitrogens with zero attached hydrogens (tertiary/aromatic N) is 2. The van der Waals surface area contributed by atoms with Crippen molar-refractivity contribution in [2.45, 2.75) is 26.4 Å². The van der Waals surface area contributed by atoms with Gasteiger partial charge in [0.15, 0.2) is 6.10 Å². The number of amides is 1. The number of carbonyl (C=O) groups is 1. The lowest BCUT2D eigenvalue weighted by Crippen LogP contribution is -2.32. The van der Waals surface area contributed by atoms with Crippen molar-refractivity contribution < 1.29 is 9.53 Å². The summed E-state index contributed by atoms with van der Waals surface area (Å²) in [4.78, 5) is 12.5. The van der Waals surface area contributed by atoms with E-state index in [2.05, 4.69) is 15.5 Å². The van der Waals surface area contributed by atoms with E-state index in [0.29, 0.717) is 22.3 Å². The van der Waals surface area contributed by atoms with Crippen molar-refractivity contribution in [2.24, 2.45) is 0 Å². The van der Waals surface area contributed by atoms with E-state index >= 15 is 0 Å². The van der Waals surface area contributed by atoms with Crippen LogP contribution in [0.25, 0.3) is 10.6 Å². The molecule has 0 saturated heterocycles. The van der Waals surface area contributed by atoms with Gasteiger partial charge in [0.1, 0.15) is 10.8 Å². The first-order valence-electron chi connectivity index (χ1n) is 8.19. The molecule has 26 heavy (non-hydrogen) atoms. The van der Waals surface area contributed by atoms with Gasteiger partial charge in [-0.05, 0) is 37.1 Å². The van der Waals surface area contributed by atoms with Gasteiger partial charge in [-0.2, -0.15) is 0 Å². The third-order valence-electron chi connectivity index (χ3n) is 3.75. The first-order valence-corrected chi connectivity index (χ1v) is 9.39. The minimum absolute atomic E-state index is 0.254. The molecule has 1 aromatic heterocycles. The van der Waals surface area contributed by atoms with E-state index in [-0.39, 0.29) is 5.91 Å². The van der Waals surface area contributed by atoms with E-state index in [1.165, 1.54) is 11.3 Å². The molecule has 0 aliphatic rings. The Labute approximate surface area is 161 Å². The summed E-state index contributed by atoms with van der Waals surface area (Å²) in [5.74, 6) is 0.354. The van der Waals surface area contributed by atoms with E-state index in [1.807, 2.05) is 50.2 Å². The van der Waals surface area contributed by atoms with Crippen LogP contribution in [-0.2, 0) is 4.79 Å². The Balaban J connectivity index is 1.67. The Kier molecular flexibility index (Phi) is 5.85. The first kappa shape index (κ1) is 18.4. The average Bonchev–Trinajstić information content (AvgIpc) is 3.11. The monoisotopic (exact) mass is 387 g/mol. The minimum Gasteiger partial charge on any atom is -0.481 e. The molecule has 7 heteroatoms. The summed E-state index contributed by atoms with van der Waals surface area (Å²) in [6, 6.07) is 15.0. The highest BCUT2D eigenvalue weighted by Crippen LogP contribution is 2.27. The first-order chi connectivity index (χ1) is 12.6. The highest BCUT2D eigenvalue weighted by molar-refractivity contribution is 7.18. The molecule has 2 aromatic carbocycles. The number of aromatic nitrogens is 2. The minimum atomic E-state index is -0.625. The average molecular weight is 388 g/mol. The van der Waals surface area contributed by atoms with Crippen molar-refractivity contribution >= 4 is 34.0 Å². The predicted octanol–water partition coefficient (Wildman–Crippen LogP) is 4.96. The van der Waals surface area contributed by atoms with Gasteiger partial charge >= 0.3 is 0 Å². The molecule has 0 fully saturated rings. The molecule has 3 rings (SSSR count). The van der Waals surface area contributed by atoms with E-state index in [0.717, 1.165) is 16.1 Å². The maximum atomic E-state index is 12.5. The Hall–Kier alpha value is -2.44. The summed E-state index contributed by atoms with van der Waals surface area (Å²) in [5, 5.41) is 12.8. The van der Waals surface area contributed by atoms with Gasteiger partial charge in [-0.25, -0.2) is 0 Å². The van der Waals surface area contributed by atoms with E-state index < -0.39 is 6.10 Å². The number of nitrogens with one attached hydrogen (secondary N) is 1. The number of hydrogen-bond acceptors (Lipinski definition) is 5. The summed E-state index contributed by atoms with van der Waals surface area (Å²) in [6.07, 6.45) is -0.0997. The van der Waals surface area contributed by atoms with Crippen LogP contribution in [0.3, 0.4) is 0 Å². The SMILES string of the molecule is CC[C@@H](Oc1ccc(Cl)c(C)c1)C(=O)Nc1nnc(-c2ccccc2)s1. The number of hydrogen-bond donors (Lipinski definition) is 1. The van der Waals surface area contributed by atoms with Gasteiger partial charge in [-0.3, -0.25) is 10.1 Å². The molecular weight excluding hydrogens is 370 g/mol. The van der Waals surface area contributed by atoms with Gasteiger partial charge in [-0.15, -0.1) is 10.2 Å². The van der Waals surface area contributed by atoms with Crippen molar-refractivity contribution in [2.75, 3.05) is 5.32 Å². The Morgan fingerprint density at radius 1 is 1.23 bits per heavy atom. The van der Waals surface area contributed by atoms with Crippen LogP contribution in [0.5, 0.6) is 5.75 Å². The second kappa shape index (κ2) is 8.29. The summed E-state index contributed by atoms with van der Waals surface area (Å²) in [7, 11) is 0. The van der Waals surface area contributed by atoms with Gasteiger partial charge in [0, 0.05) is 10.6 Å². The van der Waals surface area contributed by atoms with Crippen molar-refractivity contribution in [1.82, 2.24) is 10.2 Å². The fourth-order valence-electron chi connectivity index (χ4n) is 2.33. The van der Waals surface area contributed by atoms with Crippen LogP contribution in [-0.4, -0.2) is 22.2 Å². The maximum absolute atomic E-state index is 12.5. The topological polar surface area (TPSA) is 64.1 Å². The molecule has 0 aliphatic heterocycles. The van der Waals surface area contributed by atoms with Gasteiger partial charge in [0.05, 0.1) is 0 Å². The third kappa shape index (κ3) is 4.39. The number of anilines is 1. The van der Waals surface area contributed by atoms with Gasteiger partial charge in [0.25, 0.3) is 5.91 Å². The van der Waals surface area contributed by atoms with Crippen LogP contribution >= 0.6 is 22.9 Å². The normalized spacial score (nSPS) is 11.8. The molecule has 0 bridgehead atoms. The van der Waals surface area contributed by atoms with Crippen LogP contribution in [0.2, 0.25) is 5.02 Å². The van der Waals surface area contributed by atoms with Crippen LogP contribution in [0, 0.1) is 6.92 Å². The van der Waals surface area contributed by atoms with Crippen LogP contribution in [0.4, 0.5) is 5.13 Å². The molecule has 3 aromatic rings. The van der Waals surface area contributed by atoms with Crippen LogP contribution in [0.1, 0.15) is 18.9 Å². The quantitative estimate of drug-likeness (QED) is 0.649. The van der Waals surface area contributed by atoms with E-state index in [9.17, 15) is 4.79 Å². The molecule has 0 saturated carbocycles. The third-order valence-corrected chi connectivity index (χ3v) is 5.06. The number of carbonyl (C=O) groups excluding carboxylic acids is 1. The maximum Gasteiger partial charge on any atom is 0.267 e. The molecule has 0 unspecified atom stereocenters. The lowest BCUT2D eigenvalue weighted by molar-refractivity contribution is -0.122. The van der Waals surface area contributed by atoms with Crippen LogP contribution < -0.4 is 10.1 Å². The van der Waals surface area contributed by atoms with E-state index in [4.69, 9.17) is 16.3 Å². The molecule has 1 heterocycles. The summed E-state index contributed by atoms with van der Waals surface area (Å²) in [5.41, 5.74) is 1.86. The number of aryl methyl sites for hydroxylation is 1. The zero-order chi connectivity index (χ0) is 18.5. The van der Waals surface area contributed by atoms with Crippen LogP contribution in [0.15, 0.2) is 48.5 Å². The van der Waals surface area contributed by atoms with Gasteiger partial charge < -0.3 is 4.74 Å². The molecule has 1 atom stereocenters. The fraction of sp³-hybridized carbons (Fsp3) is 0.211. The second-order valence-electron chi connectivity index (χ2n) is 5.69. The summed E-state index contributed by atoms with van der Waals surface area (Å²) >= 11 is 7.35. The molecule has 0 spiro atoms. The zero-order valence-corrected chi connectivity index (χ0v) is 16.0. The Morgan fingerprint density at radius 2 is 2.00 bits per heavy atom. The smallest absolute Gasteiger partial charge is 0.267 e. The molecule has 5 nitrogen and oxygen atoms in total. The largest absolute Gasteiger partial charge is 0.481 e. The van der Waals surface area contributed by atoms with Gasteiger partial charge in [-0.1, -0.05) is 60.2 Å². The van der Waals surface area contributed by atoms with Crippen molar-refractivity contribution in [3.05, 3.63) is 59.1 Å². The molecular formula is C19H18ClN3O2S. The molecule has 1 amide bonds. The highest BCUT2D eigenvalue weighted by Gasteiger charge is 2.20. The summed E-state index contributed by atoms with van der Waals surface area (Å²) < 4.78 is 5.81. The fourth-order valence-corrected chi connectivity index (χ4v) is 3.20. The highest BCUT2D eigenvalue weighted by atomic mass is 35.5. The van der Waals surface area contributed by atoms with E-state index in [1.54, 1.807) is 12.1 Å². The zero-order valence-electron chi connectivity index (χ0n) is 14.4. The predicted molar refractivity (Wildman–Crippen MR) is 105 cm³/mol. The van der Waals surface area contributed by atoms with Crippen molar-refractivity contribution in [1.29, 1.82) is 0 Å².